The predicted octanol–water partition coefficient (Wildman–Crippen LogP) is 3.63. The molecule has 1 atom stereocenters. The zero-order valence-corrected chi connectivity index (χ0v) is 17.2. The number of carbonyl (C=O) groups excluding carboxylic acids is 2. The number of amides is 2. The van der Waals surface area contributed by atoms with Gasteiger partial charge in [0, 0.05) is 13.1 Å². The van der Waals surface area contributed by atoms with Crippen molar-refractivity contribution >= 4 is 11.8 Å². The molecule has 28 heavy (non-hydrogen) atoms. The van der Waals surface area contributed by atoms with E-state index in [0.29, 0.717) is 25.3 Å². The number of benzene rings is 2. The molecule has 0 saturated carbocycles. The Morgan fingerprint density at radius 1 is 1.04 bits per heavy atom. The van der Waals surface area contributed by atoms with Crippen LogP contribution >= 0.6 is 0 Å². The highest BCUT2D eigenvalue weighted by atomic mass is 16.5. The van der Waals surface area contributed by atoms with Crippen molar-refractivity contribution in [3.63, 3.8) is 0 Å². The number of rotatable bonds is 9. The second-order valence-electron chi connectivity index (χ2n) is 6.94. The molecule has 2 amide bonds. The number of nitrogens with zero attached hydrogens (tertiary/aromatic N) is 1. The summed E-state index contributed by atoms with van der Waals surface area (Å²) in [6.45, 7) is 8.56. The van der Waals surface area contributed by atoms with E-state index in [1.807, 2.05) is 70.2 Å². The van der Waals surface area contributed by atoms with Crippen molar-refractivity contribution in [2.75, 3.05) is 13.2 Å². The average molecular weight is 383 g/mol. The monoisotopic (exact) mass is 382 g/mol. The van der Waals surface area contributed by atoms with Crippen LogP contribution in [0.15, 0.2) is 48.5 Å². The van der Waals surface area contributed by atoms with E-state index in [-0.39, 0.29) is 18.4 Å². The molecule has 0 spiro atoms. The van der Waals surface area contributed by atoms with Crippen LogP contribution in [0.4, 0.5) is 0 Å². The van der Waals surface area contributed by atoms with Crippen LogP contribution in [0.25, 0.3) is 0 Å². The summed E-state index contributed by atoms with van der Waals surface area (Å²) in [6.07, 6.45) is 0.536. The minimum atomic E-state index is -0.532. The van der Waals surface area contributed by atoms with E-state index in [1.165, 1.54) is 0 Å². The van der Waals surface area contributed by atoms with Gasteiger partial charge in [0.15, 0.2) is 6.61 Å². The van der Waals surface area contributed by atoms with Crippen molar-refractivity contribution in [1.29, 1.82) is 0 Å². The molecular weight excluding hydrogens is 352 g/mol. The SMILES string of the molecule is CCNC(=O)[C@@H](CC)N(Cc1ccccc1)C(=O)COc1cc(C)cc(C)c1. The molecule has 0 aromatic heterocycles. The molecule has 1 N–H and O–H groups in total. The number of likely N-dealkylation sites (N-methyl/N-ethyl adjacent to an activating group) is 1. The maximum Gasteiger partial charge on any atom is 0.261 e. The quantitative estimate of drug-likeness (QED) is 0.721. The first-order chi connectivity index (χ1) is 13.4. The van der Waals surface area contributed by atoms with Gasteiger partial charge in [-0.1, -0.05) is 43.3 Å². The minimum Gasteiger partial charge on any atom is -0.484 e. The summed E-state index contributed by atoms with van der Waals surface area (Å²) in [4.78, 5) is 27.2. The molecule has 2 aromatic rings. The van der Waals surface area contributed by atoms with Crippen LogP contribution in [0.3, 0.4) is 0 Å². The van der Waals surface area contributed by atoms with E-state index in [9.17, 15) is 9.59 Å². The number of aryl methyl sites for hydroxylation is 2. The number of hydrogen-bond acceptors (Lipinski definition) is 3. The van der Waals surface area contributed by atoms with Crippen LogP contribution in [-0.4, -0.2) is 35.9 Å². The Bertz CT molecular complexity index is 769. The lowest BCUT2D eigenvalue weighted by atomic mass is 10.1. The molecule has 0 unspecified atom stereocenters. The van der Waals surface area contributed by atoms with Crippen LogP contribution < -0.4 is 10.1 Å². The molecule has 0 aliphatic carbocycles. The van der Waals surface area contributed by atoms with Crippen molar-refractivity contribution in [1.82, 2.24) is 10.2 Å². The maximum atomic E-state index is 13.0. The molecule has 0 radical (unpaired) electrons. The van der Waals surface area contributed by atoms with Gasteiger partial charge in [-0.2, -0.15) is 0 Å². The van der Waals surface area contributed by atoms with E-state index in [0.717, 1.165) is 16.7 Å². The van der Waals surface area contributed by atoms with E-state index in [1.54, 1.807) is 4.90 Å². The Labute approximate surface area is 167 Å². The summed E-state index contributed by atoms with van der Waals surface area (Å²) in [6, 6.07) is 15.0. The van der Waals surface area contributed by atoms with E-state index in [4.69, 9.17) is 4.74 Å². The van der Waals surface area contributed by atoms with E-state index in [2.05, 4.69) is 11.4 Å². The standard InChI is InChI=1S/C23H30N2O3/c1-5-21(23(27)24-6-2)25(15-19-10-8-7-9-11-19)22(26)16-28-20-13-17(3)12-18(4)14-20/h7-14,21H,5-6,15-16H2,1-4H3,(H,24,27)/t21-/m1/s1. The van der Waals surface area contributed by atoms with E-state index < -0.39 is 6.04 Å². The molecule has 2 aromatic carbocycles. The summed E-state index contributed by atoms with van der Waals surface area (Å²) < 4.78 is 5.76. The lowest BCUT2D eigenvalue weighted by Gasteiger charge is -2.30. The minimum absolute atomic E-state index is 0.106. The third-order valence-electron chi connectivity index (χ3n) is 4.49. The maximum absolute atomic E-state index is 13.0. The second kappa shape index (κ2) is 10.5. The van der Waals surface area contributed by atoms with Crippen LogP contribution in [0.1, 0.15) is 37.0 Å². The van der Waals surface area contributed by atoms with Gasteiger partial charge in [0.1, 0.15) is 11.8 Å². The second-order valence-corrected chi connectivity index (χ2v) is 6.94. The topological polar surface area (TPSA) is 58.6 Å². The smallest absolute Gasteiger partial charge is 0.261 e. The van der Waals surface area contributed by atoms with Crippen LogP contribution in [-0.2, 0) is 16.1 Å². The first kappa shape index (κ1) is 21.5. The van der Waals surface area contributed by atoms with Gasteiger partial charge in [0.25, 0.3) is 5.91 Å². The fraction of sp³-hybridized carbons (Fsp3) is 0.391. The van der Waals surface area contributed by atoms with Crippen LogP contribution in [0.5, 0.6) is 5.75 Å². The first-order valence-electron chi connectivity index (χ1n) is 9.76. The molecule has 0 saturated heterocycles. The Balaban J connectivity index is 2.18. The molecule has 0 heterocycles. The molecule has 0 aliphatic heterocycles. The third kappa shape index (κ3) is 6.12. The molecule has 150 valence electrons. The Morgan fingerprint density at radius 2 is 1.68 bits per heavy atom. The molecule has 2 rings (SSSR count). The van der Waals surface area contributed by atoms with E-state index >= 15 is 0 Å². The molecular formula is C23H30N2O3. The highest BCUT2D eigenvalue weighted by Crippen LogP contribution is 2.17. The molecule has 5 heteroatoms. The Morgan fingerprint density at radius 3 is 2.25 bits per heavy atom. The number of hydrogen-bond donors (Lipinski definition) is 1. The van der Waals surface area contributed by atoms with Gasteiger partial charge in [-0.05, 0) is 56.0 Å². The zero-order valence-electron chi connectivity index (χ0n) is 17.2. The largest absolute Gasteiger partial charge is 0.484 e. The van der Waals surface area contributed by atoms with Crippen molar-refractivity contribution in [3.05, 3.63) is 65.2 Å². The Kier molecular flexibility index (Phi) is 8.05. The third-order valence-corrected chi connectivity index (χ3v) is 4.49. The van der Waals surface area contributed by atoms with Gasteiger partial charge in [-0.15, -0.1) is 0 Å². The van der Waals surface area contributed by atoms with Crippen molar-refractivity contribution in [2.24, 2.45) is 0 Å². The average Bonchev–Trinajstić information content (AvgIpc) is 2.66. The molecule has 0 fully saturated rings. The first-order valence-corrected chi connectivity index (χ1v) is 9.76. The van der Waals surface area contributed by atoms with Crippen molar-refractivity contribution in [3.8, 4) is 5.75 Å². The van der Waals surface area contributed by atoms with Gasteiger partial charge in [0.2, 0.25) is 5.91 Å². The summed E-state index contributed by atoms with van der Waals surface area (Å²) in [5, 5.41) is 2.83. The van der Waals surface area contributed by atoms with Gasteiger partial charge >= 0.3 is 0 Å². The van der Waals surface area contributed by atoms with Gasteiger partial charge in [-0.3, -0.25) is 9.59 Å². The Hall–Kier alpha value is -2.82. The summed E-state index contributed by atoms with van der Waals surface area (Å²) in [5.74, 6) is 0.318. The number of ether oxygens (including phenoxy) is 1. The highest BCUT2D eigenvalue weighted by molar-refractivity contribution is 5.88. The van der Waals surface area contributed by atoms with Gasteiger partial charge in [-0.25, -0.2) is 0 Å². The van der Waals surface area contributed by atoms with Gasteiger partial charge in [0.05, 0.1) is 0 Å². The lowest BCUT2D eigenvalue weighted by Crippen LogP contribution is -2.50. The van der Waals surface area contributed by atoms with Crippen molar-refractivity contribution in [2.45, 2.75) is 46.7 Å². The zero-order chi connectivity index (χ0) is 20.5. The summed E-state index contributed by atoms with van der Waals surface area (Å²) in [5.41, 5.74) is 3.14. The predicted molar refractivity (Wildman–Crippen MR) is 111 cm³/mol. The van der Waals surface area contributed by atoms with Crippen LogP contribution in [0.2, 0.25) is 0 Å². The van der Waals surface area contributed by atoms with Gasteiger partial charge < -0.3 is 15.0 Å². The summed E-state index contributed by atoms with van der Waals surface area (Å²) >= 11 is 0. The van der Waals surface area contributed by atoms with Crippen LogP contribution in [0, 0.1) is 13.8 Å². The van der Waals surface area contributed by atoms with Crippen molar-refractivity contribution < 1.29 is 14.3 Å². The molecule has 0 aliphatic rings. The highest BCUT2D eigenvalue weighted by Gasteiger charge is 2.28. The fourth-order valence-corrected chi connectivity index (χ4v) is 3.24. The molecule has 5 nitrogen and oxygen atoms in total. The number of carbonyl (C=O) groups is 2. The fourth-order valence-electron chi connectivity index (χ4n) is 3.24. The molecule has 0 bridgehead atoms. The lowest BCUT2D eigenvalue weighted by molar-refractivity contribution is -0.142. The summed E-state index contributed by atoms with van der Waals surface area (Å²) in [7, 11) is 0. The normalized spacial score (nSPS) is 11.6. The number of nitrogens with one attached hydrogen (secondary N) is 1.